The van der Waals surface area contributed by atoms with Crippen molar-refractivity contribution >= 4 is 17.7 Å². The normalized spacial score (nSPS) is 14.6. The molecule has 0 heterocycles. The average Bonchev–Trinajstić information content (AvgIpc) is 2.34. The van der Waals surface area contributed by atoms with E-state index in [-0.39, 0.29) is 0 Å². The van der Waals surface area contributed by atoms with Crippen LogP contribution in [0.4, 0.5) is 0 Å². The van der Waals surface area contributed by atoms with Crippen LogP contribution in [0, 0.1) is 5.92 Å². The van der Waals surface area contributed by atoms with Gasteiger partial charge in [-0.05, 0) is 56.6 Å². The quantitative estimate of drug-likeness (QED) is 0.537. The van der Waals surface area contributed by atoms with Crippen LogP contribution in [0.1, 0.15) is 59.8 Å². The topological polar surface area (TPSA) is 49.3 Å². The van der Waals surface area contributed by atoms with Crippen molar-refractivity contribution in [1.29, 1.82) is 0 Å². The smallest absolute Gasteiger partial charge is 0.323 e. The van der Waals surface area contributed by atoms with E-state index in [1.54, 1.807) is 6.92 Å². The van der Waals surface area contributed by atoms with Crippen LogP contribution in [0.15, 0.2) is 0 Å². The summed E-state index contributed by atoms with van der Waals surface area (Å²) in [6.45, 7) is 9.12. The lowest BCUT2D eigenvalue weighted by Crippen LogP contribution is -2.49. The van der Waals surface area contributed by atoms with Gasteiger partial charge in [0.15, 0.2) is 0 Å². The average molecular weight is 289 g/mol. The van der Waals surface area contributed by atoms with E-state index in [1.807, 2.05) is 11.8 Å². The molecule has 1 unspecified atom stereocenters. The largest absolute Gasteiger partial charge is 0.480 e. The number of hydrogen-bond donors (Lipinski definition) is 2. The molecule has 0 radical (unpaired) electrons. The summed E-state index contributed by atoms with van der Waals surface area (Å²) in [5.41, 5.74) is -0.751. The van der Waals surface area contributed by atoms with Crippen LogP contribution in [0.3, 0.4) is 0 Å². The molecule has 0 rings (SSSR count). The van der Waals surface area contributed by atoms with E-state index in [9.17, 15) is 9.90 Å². The molecular formula is C15H31NO2S. The molecule has 3 nitrogen and oxygen atoms in total. The summed E-state index contributed by atoms with van der Waals surface area (Å²) in [4.78, 5) is 11.3. The number of hydrogen-bond acceptors (Lipinski definition) is 3. The fourth-order valence-electron chi connectivity index (χ4n) is 1.78. The lowest BCUT2D eigenvalue weighted by atomic mass is 9.95. The second-order valence-corrected chi connectivity index (χ2v) is 7.04. The molecule has 114 valence electrons. The van der Waals surface area contributed by atoms with Crippen molar-refractivity contribution in [3.8, 4) is 0 Å². The van der Waals surface area contributed by atoms with Gasteiger partial charge < -0.3 is 10.4 Å². The minimum absolute atomic E-state index is 0.715. The van der Waals surface area contributed by atoms with Gasteiger partial charge in [0.05, 0.1) is 0 Å². The van der Waals surface area contributed by atoms with Crippen molar-refractivity contribution in [3.63, 3.8) is 0 Å². The van der Waals surface area contributed by atoms with E-state index in [4.69, 9.17) is 0 Å². The lowest BCUT2D eigenvalue weighted by molar-refractivity contribution is -0.144. The number of carbonyl (C=O) groups is 1. The summed E-state index contributed by atoms with van der Waals surface area (Å²) < 4.78 is 0. The molecule has 0 aromatic rings. The maximum absolute atomic E-state index is 11.3. The number of carboxylic acid groups (broad SMARTS) is 1. The Kier molecular flexibility index (Phi) is 10.4. The van der Waals surface area contributed by atoms with Crippen LogP contribution >= 0.6 is 11.8 Å². The summed E-state index contributed by atoms with van der Waals surface area (Å²) in [5, 5.41) is 12.4. The van der Waals surface area contributed by atoms with Crippen LogP contribution in [0.5, 0.6) is 0 Å². The molecule has 0 aliphatic heterocycles. The number of unbranched alkanes of at least 4 members (excludes halogenated alkanes) is 1. The van der Waals surface area contributed by atoms with Gasteiger partial charge >= 0.3 is 5.97 Å². The Labute approximate surface area is 122 Å². The van der Waals surface area contributed by atoms with E-state index in [2.05, 4.69) is 26.1 Å². The zero-order valence-corrected chi connectivity index (χ0v) is 13.8. The minimum atomic E-state index is -0.751. The van der Waals surface area contributed by atoms with Crippen LogP contribution in [-0.2, 0) is 4.79 Å². The molecule has 0 aliphatic rings. The first kappa shape index (κ1) is 18.8. The Balaban J connectivity index is 3.73. The molecule has 1 atom stereocenters. The molecule has 0 amide bonds. The second-order valence-electron chi connectivity index (χ2n) is 5.82. The van der Waals surface area contributed by atoms with Crippen molar-refractivity contribution in [3.05, 3.63) is 0 Å². The van der Waals surface area contributed by atoms with Crippen molar-refractivity contribution in [2.24, 2.45) is 5.92 Å². The molecule has 0 aliphatic carbocycles. The molecular weight excluding hydrogens is 258 g/mol. The van der Waals surface area contributed by atoms with Crippen molar-refractivity contribution in [2.75, 3.05) is 18.1 Å². The zero-order valence-electron chi connectivity index (χ0n) is 13.0. The number of thioether (sulfide) groups is 1. The van der Waals surface area contributed by atoms with Gasteiger partial charge in [0, 0.05) is 0 Å². The summed E-state index contributed by atoms with van der Waals surface area (Å²) in [7, 11) is 0. The van der Waals surface area contributed by atoms with Gasteiger partial charge in [-0.2, -0.15) is 11.8 Å². The molecule has 0 saturated heterocycles. The third-order valence-electron chi connectivity index (χ3n) is 3.29. The number of nitrogens with one attached hydrogen (secondary N) is 1. The molecule has 0 saturated carbocycles. The molecule has 4 heteroatoms. The maximum atomic E-state index is 11.3. The van der Waals surface area contributed by atoms with E-state index < -0.39 is 11.5 Å². The highest BCUT2D eigenvalue weighted by Gasteiger charge is 2.31. The van der Waals surface area contributed by atoms with Crippen LogP contribution < -0.4 is 5.32 Å². The van der Waals surface area contributed by atoms with Crippen molar-refractivity contribution < 1.29 is 9.90 Å². The first-order valence-corrected chi connectivity index (χ1v) is 8.64. The molecule has 19 heavy (non-hydrogen) atoms. The van der Waals surface area contributed by atoms with Gasteiger partial charge in [0.2, 0.25) is 0 Å². The van der Waals surface area contributed by atoms with Crippen LogP contribution in [0.25, 0.3) is 0 Å². The maximum Gasteiger partial charge on any atom is 0.323 e. The summed E-state index contributed by atoms with van der Waals surface area (Å²) in [6, 6.07) is 0. The number of aliphatic carboxylic acids is 1. The van der Waals surface area contributed by atoms with Gasteiger partial charge in [-0.1, -0.05) is 27.2 Å². The Bertz CT molecular complexity index is 246. The van der Waals surface area contributed by atoms with E-state index in [0.29, 0.717) is 6.42 Å². The number of rotatable bonds is 12. The van der Waals surface area contributed by atoms with Crippen LogP contribution in [0.2, 0.25) is 0 Å². The van der Waals surface area contributed by atoms with Gasteiger partial charge in [-0.15, -0.1) is 0 Å². The Hall–Kier alpha value is -0.220. The fourth-order valence-corrected chi connectivity index (χ4v) is 3.03. The Morgan fingerprint density at radius 1 is 1.32 bits per heavy atom. The van der Waals surface area contributed by atoms with Gasteiger partial charge in [-0.25, -0.2) is 0 Å². The van der Waals surface area contributed by atoms with E-state index >= 15 is 0 Å². The summed E-state index contributed by atoms with van der Waals surface area (Å²) in [6.07, 6.45) is 5.05. The van der Waals surface area contributed by atoms with Gasteiger partial charge in [0.1, 0.15) is 5.54 Å². The summed E-state index contributed by atoms with van der Waals surface area (Å²) in [5.74, 6) is 2.42. The van der Waals surface area contributed by atoms with Crippen LogP contribution in [-0.4, -0.2) is 34.7 Å². The Morgan fingerprint density at radius 3 is 2.53 bits per heavy atom. The summed E-state index contributed by atoms with van der Waals surface area (Å²) >= 11 is 1.99. The predicted molar refractivity (Wildman–Crippen MR) is 85.0 cm³/mol. The van der Waals surface area contributed by atoms with Crippen molar-refractivity contribution in [2.45, 2.75) is 65.3 Å². The molecule has 0 aromatic heterocycles. The molecule has 0 aromatic carbocycles. The highest BCUT2D eigenvalue weighted by molar-refractivity contribution is 7.99. The molecule has 0 spiro atoms. The third-order valence-corrected chi connectivity index (χ3v) is 4.39. The first-order chi connectivity index (χ1) is 8.92. The lowest BCUT2D eigenvalue weighted by Gasteiger charge is -2.26. The third kappa shape index (κ3) is 9.33. The highest BCUT2D eigenvalue weighted by Crippen LogP contribution is 2.17. The van der Waals surface area contributed by atoms with Gasteiger partial charge in [-0.3, -0.25) is 4.79 Å². The standard InChI is InChI=1S/C15H31NO2S/c1-5-10-16-15(4,14(17)18)9-6-7-11-19-12-8-13(2)3/h13,16H,5-12H2,1-4H3,(H,17,18). The Morgan fingerprint density at radius 2 is 2.00 bits per heavy atom. The first-order valence-electron chi connectivity index (χ1n) is 7.48. The van der Waals surface area contributed by atoms with E-state index in [1.165, 1.54) is 12.2 Å². The van der Waals surface area contributed by atoms with Crippen molar-refractivity contribution in [1.82, 2.24) is 5.32 Å². The molecule has 0 bridgehead atoms. The fraction of sp³-hybridized carbons (Fsp3) is 0.933. The minimum Gasteiger partial charge on any atom is -0.480 e. The molecule has 0 fully saturated rings. The van der Waals surface area contributed by atoms with E-state index in [0.717, 1.165) is 37.5 Å². The predicted octanol–water partition coefficient (Wildman–Crippen LogP) is 3.78. The van der Waals surface area contributed by atoms with Gasteiger partial charge in [0.25, 0.3) is 0 Å². The highest BCUT2D eigenvalue weighted by atomic mass is 32.2. The zero-order chi connectivity index (χ0) is 14.7. The SMILES string of the molecule is CCCNC(C)(CCCCSCCC(C)C)C(=O)O. The molecule has 2 N–H and O–H groups in total. The monoisotopic (exact) mass is 289 g/mol. The second kappa shape index (κ2) is 10.6. The number of carboxylic acids is 1.